The maximum atomic E-state index is 11.7. The number of anilines is 1. The van der Waals surface area contributed by atoms with E-state index in [1.165, 1.54) is 12.7 Å². The summed E-state index contributed by atoms with van der Waals surface area (Å²) in [7, 11) is 1.44. The highest BCUT2D eigenvalue weighted by molar-refractivity contribution is 5.90. The van der Waals surface area contributed by atoms with E-state index >= 15 is 0 Å². The Balaban J connectivity index is 1.87. The van der Waals surface area contributed by atoms with E-state index in [0.29, 0.717) is 5.75 Å². The van der Waals surface area contributed by atoms with Gasteiger partial charge in [0.25, 0.3) is 5.91 Å². The second-order valence-electron chi connectivity index (χ2n) is 4.25. The van der Waals surface area contributed by atoms with Crippen molar-refractivity contribution in [2.24, 2.45) is 0 Å². The van der Waals surface area contributed by atoms with Crippen molar-refractivity contribution in [3.05, 3.63) is 29.3 Å². The molecular formula is C13H16N4O3. The molecule has 0 aliphatic rings. The molecule has 0 spiro atoms. The topological polar surface area (TPSA) is 89.1 Å². The first-order chi connectivity index (χ1) is 9.58. The van der Waals surface area contributed by atoms with Gasteiger partial charge in [0.15, 0.2) is 6.61 Å². The number of aromatic nitrogens is 3. The Morgan fingerprint density at radius 1 is 1.35 bits per heavy atom. The van der Waals surface area contributed by atoms with Gasteiger partial charge in [0, 0.05) is 0 Å². The molecule has 2 rings (SSSR count). The van der Waals surface area contributed by atoms with Gasteiger partial charge in [-0.1, -0.05) is 6.07 Å². The molecule has 1 amide bonds. The minimum absolute atomic E-state index is 0.106. The molecular weight excluding hydrogens is 260 g/mol. The standard InChI is InChI=1S/C13H16N4O3/c1-8-4-5-10(6-9(8)2)20-7-11(18)14-12-15-13(19-3)17-16-12/h4-6H,7H2,1-3H3,(H2,14,15,16,17,18). The van der Waals surface area contributed by atoms with Crippen LogP contribution in [0.3, 0.4) is 0 Å². The van der Waals surface area contributed by atoms with Crippen LogP contribution in [0.4, 0.5) is 5.95 Å². The lowest BCUT2D eigenvalue weighted by Gasteiger charge is -2.07. The first-order valence-corrected chi connectivity index (χ1v) is 6.05. The van der Waals surface area contributed by atoms with Gasteiger partial charge < -0.3 is 9.47 Å². The van der Waals surface area contributed by atoms with Crippen LogP contribution in [0.5, 0.6) is 11.8 Å². The average Bonchev–Trinajstić information content (AvgIpc) is 2.88. The third kappa shape index (κ3) is 3.47. The SMILES string of the molecule is COc1n[nH]c(NC(=O)COc2ccc(C)c(C)c2)n1. The lowest BCUT2D eigenvalue weighted by atomic mass is 10.1. The zero-order valence-corrected chi connectivity index (χ0v) is 11.6. The van der Waals surface area contributed by atoms with Gasteiger partial charge in [0.2, 0.25) is 5.95 Å². The summed E-state index contributed by atoms with van der Waals surface area (Å²) >= 11 is 0. The molecule has 1 aromatic heterocycles. The zero-order valence-electron chi connectivity index (χ0n) is 11.6. The number of nitrogens with zero attached hydrogens (tertiary/aromatic N) is 2. The number of methoxy groups -OCH3 is 1. The van der Waals surface area contributed by atoms with E-state index in [1.807, 2.05) is 32.0 Å². The van der Waals surface area contributed by atoms with E-state index < -0.39 is 0 Å². The van der Waals surface area contributed by atoms with Crippen LogP contribution in [0, 0.1) is 13.8 Å². The van der Waals surface area contributed by atoms with E-state index in [4.69, 9.17) is 9.47 Å². The normalized spacial score (nSPS) is 10.2. The molecule has 1 heterocycles. The highest BCUT2D eigenvalue weighted by atomic mass is 16.5. The van der Waals surface area contributed by atoms with Gasteiger partial charge in [-0.05, 0) is 37.1 Å². The zero-order chi connectivity index (χ0) is 14.5. The van der Waals surface area contributed by atoms with Crippen LogP contribution in [0.15, 0.2) is 18.2 Å². The fourth-order valence-corrected chi connectivity index (χ4v) is 1.51. The molecule has 7 nitrogen and oxygen atoms in total. The Bertz CT molecular complexity index is 609. The summed E-state index contributed by atoms with van der Waals surface area (Å²) in [4.78, 5) is 15.5. The Labute approximate surface area is 116 Å². The number of hydrogen-bond donors (Lipinski definition) is 2. The summed E-state index contributed by atoms with van der Waals surface area (Å²) in [6.07, 6.45) is 0. The van der Waals surface area contributed by atoms with Crippen molar-refractivity contribution in [3.63, 3.8) is 0 Å². The smallest absolute Gasteiger partial charge is 0.336 e. The summed E-state index contributed by atoms with van der Waals surface area (Å²) in [5.74, 6) is 0.538. The molecule has 0 radical (unpaired) electrons. The molecule has 2 aromatic rings. The van der Waals surface area contributed by atoms with Crippen molar-refractivity contribution in [3.8, 4) is 11.8 Å². The quantitative estimate of drug-likeness (QED) is 0.862. The van der Waals surface area contributed by atoms with Crippen molar-refractivity contribution in [2.75, 3.05) is 19.0 Å². The lowest BCUT2D eigenvalue weighted by Crippen LogP contribution is -2.20. The van der Waals surface area contributed by atoms with Crippen LogP contribution in [-0.2, 0) is 4.79 Å². The molecule has 0 saturated heterocycles. The number of aryl methyl sites for hydroxylation is 2. The molecule has 2 N–H and O–H groups in total. The number of aromatic amines is 1. The summed E-state index contributed by atoms with van der Waals surface area (Å²) in [6, 6.07) is 5.83. The van der Waals surface area contributed by atoms with Crippen LogP contribution in [-0.4, -0.2) is 34.8 Å². The number of nitrogens with one attached hydrogen (secondary N) is 2. The van der Waals surface area contributed by atoms with Crippen LogP contribution < -0.4 is 14.8 Å². The van der Waals surface area contributed by atoms with Gasteiger partial charge in [0.1, 0.15) is 5.75 Å². The first-order valence-electron chi connectivity index (χ1n) is 6.05. The number of carbonyl (C=O) groups excluding carboxylic acids is 1. The van der Waals surface area contributed by atoms with Crippen molar-refractivity contribution in [2.45, 2.75) is 13.8 Å². The second kappa shape index (κ2) is 6.05. The van der Waals surface area contributed by atoms with Gasteiger partial charge in [0.05, 0.1) is 7.11 Å². The average molecular weight is 276 g/mol. The summed E-state index contributed by atoms with van der Waals surface area (Å²) in [5, 5.41) is 8.76. The van der Waals surface area contributed by atoms with Crippen LogP contribution in [0.25, 0.3) is 0 Å². The fraction of sp³-hybridized carbons (Fsp3) is 0.308. The van der Waals surface area contributed by atoms with Gasteiger partial charge in [-0.15, -0.1) is 5.10 Å². The molecule has 0 atom stereocenters. The highest BCUT2D eigenvalue weighted by Gasteiger charge is 2.08. The number of amides is 1. The predicted molar refractivity (Wildman–Crippen MR) is 73.0 cm³/mol. The van der Waals surface area contributed by atoms with E-state index in [-0.39, 0.29) is 24.5 Å². The summed E-state index contributed by atoms with van der Waals surface area (Å²) in [6.45, 7) is 3.90. The second-order valence-corrected chi connectivity index (χ2v) is 4.25. The highest BCUT2D eigenvalue weighted by Crippen LogP contribution is 2.16. The van der Waals surface area contributed by atoms with Crippen molar-refractivity contribution in [1.82, 2.24) is 15.2 Å². The number of rotatable bonds is 5. The molecule has 0 bridgehead atoms. The van der Waals surface area contributed by atoms with Crippen molar-refractivity contribution < 1.29 is 14.3 Å². The molecule has 1 aromatic carbocycles. The Kier molecular flexibility index (Phi) is 4.19. The van der Waals surface area contributed by atoms with Gasteiger partial charge in [-0.2, -0.15) is 4.98 Å². The summed E-state index contributed by atoms with van der Waals surface area (Å²) < 4.78 is 10.2. The maximum absolute atomic E-state index is 11.7. The van der Waals surface area contributed by atoms with Gasteiger partial charge >= 0.3 is 6.01 Å². The minimum Gasteiger partial charge on any atom is -0.484 e. The third-order valence-electron chi connectivity index (χ3n) is 2.75. The Hall–Kier alpha value is -2.57. The van der Waals surface area contributed by atoms with Gasteiger partial charge in [-0.3, -0.25) is 10.1 Å². The molecule has 0 aliphatic heterocycles. The Morgan fingerprint density at radius 3 is 2.80 bits per heavy atom. The van der Waals surface area contributed by atoms with Crippen LogP contribution in [0.1, 0.15) is 11.1 Å². The van der Waals surface area contributed by atoms with E-state index in [9.17, 15) is 4.79 Å². The molecule has 106 valence electrons. The maximum Gasteiger partial charge on any atom is 0.336 e. The molecule has 20 heavy (non-hydrogen) atoms. The fourth-order valence-electron chi connectivity index (χ4n) is 1.51. The van der Waals surface area contributed by atoms with Crippen molar-refractivity contribution >= 4 is 11.9 Å². The number of ether oxygens (including phenoxy) is 2. The van der Waals surface area contributed by atoms with Gasteiger partial charge in [-0.25, -0.2) is 5.10 Å². The lowest BCUT2D eigenvalue weighted by molar-refractivity contribution is -0.118. The van der Waals surface area contributed by atoms with Crippen LogP contribution in [0.2, 0.25) is 0 Å². The molecule has 0 aliphatic carbocycles. The van der Waals surface area contributed by atoms with E-state index in [2.05, 4.69) is 20.5 Å². The number of benzene rings is 1. The van der Waals surface area contributed by atoms with Crippen LogP contribution >= 0.6 is 0 Å². The van der Waals surface area contributed by atoms with E-state index in [1.54, 1.807) is 0 Å². The molecule has 7 heteroatoms. The minimum atomic E-state index is -0.331. The number of carbonyl (C=O) groups is 1. The van der Waals surface area contributed by atoms with E-state index in [0.717, 1.165) is 5.56 Å². The van der Waals surface area contributed by atoms with Crippen molar-refractivity contribution in [1.29, 1.82) is 0 Å². The first kappa shape index (κ1) is 13.9. The monoisotopic (exact) mass is 276 g/mol. The third-order valence-corrected chi connectivity index (χ3v) is 2.75. The predicted octanol–water partition coefficient (Wildman–Crippen LogP) is 1.45. The number of H-pyrrole nitrogens is 1. The summed E-state index contributed by atoms with van der Waals surface area (Å²) in [5.41, 5.74) is 2.29. The molecule has 0 saturated carbocycles. The molecule has 0 unspecified atom stereocenters. The molecule has 0 fully saturated rings. The largest absolute Gasteiger partial charge is 0.484 e. The number of hydrogen-bond acceptors (Lipinski definition) is 5. The Morgan fingerprint density at radius 2 is 2.15 bits per heavy atom.